The van der Waals surface area contributed by atoms with Crippen molar-refractivity contribution in [1.82, 2.24) is 9.55 Å². The molecule has 6 N–H and O–H groups in total. The molecule has 0 radical (unpaired) electrons. The van der Waals surface area contributed by atoms with Crippen molar-refractivity contribution in [3.8, 4) is 0 Å². The van der Waals surface area contributed by atoms with Crippen LogP contribution in [0.25, 0.3) is 10.9 Å². The van der Waals surface area contributed by atoms with E-state index < -0.39 is 17.5 Å². The number of benzene rings is 1. The molecule has 1 aliphatic carbocycles. The monoisotopic (exact) mass is 442 g/mol. The first-order chi connectivity index (χ1) is 15.4. The Morgan fingerprint density at radius 2 is 1.97 bits per heavy atom. The summed E-state index contributed by atoms with van der Waals surface area (Å²) in [5.41, 5.74) is 12.4. The summed E-state index contributed by atoms with van der Waals surface area (Å²) in [7, 11) is 0. The quantitative estimate of drug-likeness (QED) is 0.437. The molecule has 9 heteroatoms. The van der Waals surface area contributed by atoms with Crippen LogP contribution in [-0.4, -0.2) is 27.5 Å². The summed E-state index contributed by atoms with van der Waals surface area (Å²) in [5.74, 6) is -1.90. The number of anilines is 3. The molecule has 0 spiro atoms. The van der Waals surface area contributed by atoms with Gasteiger partial charge in [-0.3, -0.25) is 4.79 Å². The van der Waals surface area contributed by atoms with E-state index in [1.807, 2.05) is 23.8 Å². The van der Waals surface area contributed by atoms with Crippen LogP contribution in [0.2, 0.25) is 0 Å². The molecule has 0 saturated heterocycles. The van der Waals surface area contributed by atoms with E-state index >= 15 is 0 Å². The summed E-state index contributed by atoms with van der Waals surface area (Å²) in [6, 6.07) is 5.72. The van der Waals surface area contributed by atoms with Gasteiger partial charge < -0.3 is 26.7 Å². The average molecular weight is 443 g/mol. The fraction of sp³-hybridized carbons (Fsp3) is 0.391. The van der Waals surface area contributed by atoms with E-state index in [9.17, 15) is 13.6 Å². The van der Waals surface area contributed by atoms with Crippen LogP contribution >= 0.6 is 0 Å². The topological polar surface area (TPSA) is 111 Å². The number of nitrogens with two attached hydrogens (primary N) is 2. The minimum absolute atomic E-state index is 0.0181. The number of aryl methyl sites for hydroxylation is 1. The smallest absolute Gasteiger partial charge is 0.252 e. The standard InChI is InChI=1S/C23H28F2N6O/c1-2-8-31-9-7-13-10-14(11-16(24)20(13)31)28-22-15(21(27)32)12-17(25)23(30-22)29-19-6-4-3-5-18(19)26/h7,9-12,18-19H,2-6,8,26H2,1H3,(H2,27,32)(H2,28,29,30)/t18-,19?/m0/s1. The third-order valence-electron chi connectivity index (χ3n) is 5.92. The molecule has 1 aliphatic rings. The Hall–Kier alpha value is -3.20. The molecular formula is C23H28F2N6O. The van der Waals surface area contributed by atoms with Crippen LogP contribution in [0.1, 0.15) is 49.4 Å². The number of pyridine rings is 1. The summed E-state index contributed by atoms with van der Waals surface area (Å²) >= 11 is 0. The fourth-order valence-electron chi connectivity index (χ4n) is 4.32. The first-order valence-electron chi connectivity index (χ1n) is 10.9. The number of hydrogen-bond donors (Lipinski definition) is 4. The van der Waals surface area contributed by atoms with Gasteiger partial charge in [0.2, 0.25) is 0 Å². The van der Waals surface area contributed by atoms with Crippen molar-refractivity contribution in [1.29, 1.82) is 0 Å². The van der Waals surface area contributed by atoms with Crippen molar-refractivity contribution < 1.29 is 13.6 Å². The van der Waals surface area contributed by atoms with Crippen LogP contribution in [-0.2, 0) is 6.54 Å². The van der Waals surface area contributed by atoms with E-state index in [0.29, 0.717) is 23.1 Å². The zero-order valence-corrected chi connectivity index (χ0v) is 18.0. The number of amides is 1. The maximum atomic E-state index is 14.9. The molecule has 1 aromatic carbocycles. The Morgan fingerprint density at radius 1 is 1.19 bits per heavy atom. The van der Waals surface area contributed by atoms with E-state index in [1.54, 1.807) is 6.07 Å². The molecule has 2 heterocycles. The number of nitrogens with one attached hydrogen (secondary N) is 2. The highest BCUT2D eigenvalue weighted by molar-refractivity contribution is 5.99. The SMILES string of the molecule is CCCn1ccc2cc(Nc3nc(NC4CCCC[C@@H]4N)c(F)cc3C(N)=O)cc(F)c21. The highest BCUT2D eigenvalue weighted by Gasteiger charge is 2.24. The first-order valence-corrected chi connectivity index (χ1v) is 10.9. The molecule has 4 rings (SSSR count). The first kappa shape index (κ1) is 22.0. The van der Waals surface area contributed by atoms with Crippen LogP contribution in [0, 0.1) is 11.6 Å². The second kappa shape index (κ2) is 9.12. The summed E-state index contributed by atoms with van der Waals surface area (Å²) in [6.07, 6.45) is 6.40. The fourth-order valence-corrected chi connectivity index (χ4v) is 4.32. The molecule has 32 heavy (non-hydrogen) atoms. The zero-order valence-electron chi connectivity index (χ0n) is 18.0. The number of hydrogen-bond acceptors (Lipinski definition) is 5. The minimum Gasteiger partial charge on any atom is -0.365 e. The molecule has 3 aromatic rings. The van der Waals surface area contributed by atoms with Gasteiger partial charge in [0.15, 0.2) is 11.6 Å². The Balaban J connectivity index is 1.68. The van der Waals surface area contributed by atoms with Gasteiger partial charge >= 0.3 is 0 Å². The Bertz CT molecular complexity index is 1150. The molecule has 1 amide bonds. The maximum Gasteiger partial charge on any atom is 0.252 e. The maximum absolute atomic E-state index is 14.9. The van der Waals surface area contributed by atoms with E-state index in [1.165, 1.54) is 6.07 Å². The predicted octanol–water partition coefficient (Wildman–Crippen LogP) is 4.25. The van der Waals surface area contributed by atoms with E-state index in [-0.39, 0.29) is 29.3 Å². The highest BCUT2D eigenvalue weighted by atomic mass is 19.1. The van der Waals surface area contributed by atoms with Crippen molar-refractivity contribution in [3.63, 3.8) is 0 Å². The second-order valence-electron chi connectivity index (χ2n) is 8.31. The van der Waals surface area contributed by atoms with Gasteiger partial charge in [-0.2, -0.15) is 0 Å². The molecule has 0 aliphatic heterocycles. The van der Waals surface area contributed by atoms with Crippen LogP contribution in [0.5, 0.6) is 0 Å². The van der Waals surface area contributed by atoms with Crippen molar-refractivity contribution in [2.75, 3.05) is 10.6 Å². The zero-order chi connectivity index (χ0) is 22.8. The van der Waals surface area contributed by atoms with Crippen molar-refractivity contribution in [3.05, 3.63) is 47.7 Å². The van der Waals surface area contributed by atoms with E-state index in [2.05, 4.69) is 15.6 Å². The summed E-state index contributed by atoms with van der Waals surface area (Å²) < 4.78 is 31.4. The number of fused-ring (bicyclic) bond motifs is 1. The molecule has 1 fully saturated rings. The number of nitrogens with zero attached hydrogens (tertiary/aromatic N) is 2. The molecular weight excluding hydrogens is 414 g/mol. The Kier molecular flexibility index (Phi) is 6.27. The lowest BCUT2D eigenvalue weighted by atomic mass is 9.91. The molecule has 1 unspecified atom stereocenters. The van der Waals surface area contributed by atoms with Gasteiger partial charge in [0.1, 0.15) is 11.6 Å². The Morgan fingerprint density at radius 3 is 2.69 bits per heavy atom. The molecule has 0 bridgehead atoms. The van der Waals surface area contributed by atoms with Gasteiger partial charge in [0.05, 0.1) is 11.1 Å². The van der Waals surface area contributed by atoms with Crippen LogP contribution < -0.4 is 22.1 Å². The van der Waals surface area contributed by atoms with E-state index in [4.69, 9.17) is 11.5 Å². The number of aromatic nitrogens is 2. The molecule has 170 valence electrons. The van der Waals surface area contributed by atoms with Crippen LogP contribution in [0.3, 0.4) is 0 Å². The van der Waals surface area contributed by atoms with Crippen LogP contribution in [0.15, 0.2) is 30.5 Å². The number of carbonyl (C=O) groups excluding carboxylic acids is 1. The molecule has 1 saturated carbocycles. The number of rotatable bonds is 7. The molecule has 2 aromatic heterocycles. The summed E-state index contributed by atoms with van der Waals surface area (Å²) in [4.78, 5) is 16.2. The minimum atomic E-state index is -0.838. The predicted molar refractivity (Wildman–Crippen MR) is 122 cm³/mol. The number of halogens is 2. The molecule has 2 atom stereocenters. The largest absolute Gasteiger partial charge is 0.365 e. The van der Waals surface area contributed by atoms with Crippen molar-refractivity contribution in [2.45, 2.75) is 57.7 Å². The van der Waals surface area contributed by atoms with Gasteiger partial charge in [-0.1, -0.05) is 19.8 Å². The lowest BCUT2D eigenvalue weighted by molar-refractivity contribution is 0.100. The van der Waals surface area contributed by atoms with Crippen molar-refractivity contribution in [2.24, 2.45) is 11.5 Å². The Labute approximate surface area is 185 Å². The second-order valence-corrected chi connectivity index (χ2v) is 8.31. The third kappa shape index (κ3) is 4.38. The lowest BCUT2D eigenvalue weighted by Crippen LogP contribution is -2.43. The van der Waals surface area contributed by atoms with E-state index in [0.717, 1.165) is 38.2 Å². The van der Waals surface area contributed by atoms with Crippen LogP contribution in [0.4, 0.5) is 26.1 Å². The summed E-state index contributed by atoms with van der Waals surface area (Å²) in [6.45, 7) is 2.73. The normalized spacial score (nSPS) is 18.6. The average Bonchev–Trinajstić information content (AvgIpc) is 3.15. The van der Waals surface area contributed by atoms with Gasteiger partial charge in [-0.15, -0.1) is 0 Å². The van der Waals surface area contributed by atoms with Crippen molar-refractivity contribution >= 4 is 34.1 Å². The van der Waals surface area contributed by atoms with Gasteiger partial charge in [-0.05, 0) is 43.5 Å². The van der Waals surface area contributed by atoms with Gasteiger partial charge in [0, 0.05) is 35.9 Å². The third-order valence-corrected chi connectivity index (χ3v) is 5.92. The molecule has 7 nitrogen and oxygen atoms in total. The summed E-state index contributed by atoms with van der Waals surface area (Å²) in [5, 5.41) is 6.72. The number of primary amides is 1. The number of carbonyl (C=O) groups is 1. The van der Waals surface area contributed by atoms with Gasteiger partial charge in [0.25, 0.3) is 5.91 Å². The lowest BCUT2D eigenvalue weighted by Gasteiger charge is -2.30. The highest BCUT2D eigenvalue weighted by Crippen LogP contribution is 2.29. The van der Waals surface area contributed by atoms with Gasteiger partial charge in [-0.25, -0.2) is 13.8 Å².